The lowest BCUT2D eigenvalue weighted by Gasteiger charge is -2.07. The molecule has 21 heavy (non-hydrogen) atoms. The fourth-order valence-corrected chi connectivity index (χ4v) is 1.92. The van der Waals surface area contributed by atoms with E-state index in [1.807, 2.05) is 6.07 Å². The van der Waals surface area contributed by atoms with E-state index in [1.54, 1.807) is 24.7 Å². The molecule has 2 rings (SSSR count). The fraction of sp³-hybridized carbons (Fsp3) is 0.400. The summed E-state index contributed by atoms with van der Waals surface area (Å²) in [6.07, 6.45) is 7.87. The Labute approximate surface area is 124 Å². The number of pyridine rings is 1. The van der Waals surface area contributed by atoms with Gasteiger partial charge in [-0.25, -0.2) is 4.98 Å². The van der Waals surface area contributed by atoms with E-state index in [9.17, 15) is 4.79 Å². The van der Waals surface area contributed by atoms with Crippen molar-refractivity contribution in [2.45, 2.75) is 26.2 Å². The fourth-order valence-electron chi connectivity index (χ4n) is 1.92. The largest absolute Gasteiger partial charge is 0.385 e. The number of aromatic amines is 1. The van der Waals surface area contributed by atoms with Crippen LogP contribution < -0.4 is 10.6 Å². The summed E-state index contributed by atoms with van der Waals surface area (Å²) in [6.45, 7) is 3.59. The van der Waals surface area contributed by atoms with Gasteiger partial charge in [0.25, 0.3) is 5.91 Å². The first-order valence-electron chi connectivity index (χ1n) is 7.26. The molecular formula is C15H21N5O. The van der Waals surface area contributed by atoms with Gasteiger partial charge < -0.3 is 15.6 Å². The number of imidazole rings is 1. The molecule has 2 heterocycles. The Balaban J connectivity index is 1.77. The predicted molar refractivity (Wildman–Crippen MR) is 82.3 cm³/mol. The molecule has 0 atom stereocenters. The summed E-state index contributed by atoms with van der Waals surface area (Å²) in [5, 5.41) is 6.12. The second-order valence-electron chi connectivity index (χ2n) is 4.75. The van der Waals surface area contributed by atoms with Gasteiger partial charge in [0.2, 0.25) is 0 Å². The van der Waals surface area contributed by atoms with Crippen LogP contribution in [0.15, 0.2) is 30.7 Å². The quantitative estimate of drug-likeness (QED) is 0.648. The normalized spacial score (nSPS) is 10.3. The second-order valence-corrected chi connectivity index (χ2v) is 4.75. The third-order valence-electron chi connectivity index (χ3n) is 3.00. The van der Waals surface area contributed by atoms with Gasteiger partial charge in [0, 0.05) is 43.8 Å². The Morgan fingerprint density at radius 3 is 2.95 bits per heavy atom. The number of rotatable bonds is 8. The van der Waals surface area contributed by atoms with Crippen LogP contribution in [0.1, 0.15) is 36.1 Å². The van der Waals surface area contributed by atoms with Gasteiger partial charge in [0.15, 0.2) is 0 Å². The van der Waals surface area contributed by atoms with Gasteiger partial charge >= 0.3 is 0 Å². The number of carbonyl (C=O) groups is 1. The lowest BCUT2D eigenvalue weighted by Crippen LogP contribution is -2.25. The molecule has 0 bridgehead atoms. The van der Waals surface area contributed by atoms with Crippen molar-refractivity contribution in [3.05, 3.63) is 42.2 Å². The molecule has 0 saturated heterocycles. The summed E-state index contributed by atoms with van der Waals surface area (Å²) in [5.74, 6) is 0.794. The highest BCUT2D eigenvalue weighted by Crippen LogP contribution is 2.07. The van der Waals surface area contributed by atoms with Crippen molar-refractivity contribution in [2.75, 3.05) is 18.4 Å². The van der Waals surface area contributed by atoms with Crippen LogP contribution >= 0.6 is 0 Å². The molecule has 0 fully saturated rings. The highest BCUT2D eigenvalue weighted by molar-refractivity contribution is 5.93. The van der Waals surface area contributed by atoms with Crippen molar-refractivity contribution < 1.29 is 4.79 Å². The highest BCUT2D eigenvalue weighted by atomic mass is 16.1. The lowest BCUT2D eigenvalue weighted by molar-refractivity contribution is 0.0948. The minimum atomic E-state index is -0.144. The number of anilines is 1. The maximum atomic E-state index is 12.0. The lowest BCUT2D eigenvalue weighted by atomic mass is 10.2. The van der Waals surface area contributed by atoms with Crippen LogP contribution in [0.2, 0.25) is 0 Å². The Bertz CT molecular complexity index is 553. The average Bonchev–Trinajstić information content (AvgIpc) is 3.03. The summed E-state index contributed by atoms with van der Waals surface area (Å²) < 4.78 is 0. The van der Waals surface area contributed by atoms with E-state index in [-0.39, 0.29) is 5.91 Å². The number of nitrogens with one attached hydrogen (secondary N) is 3. The Morgan fingerprint density at radius 1 is 1.29 bits per heavy atom. The monoisotopic (exact) mass is 287 g/mol. The third kappa shape index (κ3) is 4.91. The summed E-state index contributed by atoms with van der Waals surface area (Å²) in [7, 11) is 0. The van der Waals surface area contributed by atoms with Gasteiger partial charge in [-0.1, -0.05) is 6.92 Å². The Morgan fingerprint density at radius 2 is 2.19 bits per heavy atom. The number of amides is 1. The molecule has 0 spiro atoms. The van der Waals surface area contributed by atoms with E-state index < -0.39 is 0 Å². The Hall–Kier alpha value is -2.37. The molecule has 0 unspecified atom stereocenters. The first-order chi connectivity index (χ1) is 10.3. The molecule has 0 aliphatic rings. The highest BCUT2D eigenvalue weighted by Gasteiger charge is 2.07. The van der Waals surface area contributed by atoms with Crippen LogP contribution in [0.25, 0.3) is 0 Å². The van der Waals surface area contributed by atoms with Gasteiger partial charge in [0.1, 0.15) is 11.5 Å². The molecule has 2 aromatic heterocycles. The van der Waals surface area contributed by atoms with E-state index >= 15 is 0 Å². The zero-order valence-electron chi connectivity index (χ0n) is 12.2. The molecule has 0 aromatic carbocycles. The van der Waals surface area contributed by atoms with Gasteiger partial charge in [-0.05, 0) is 25.0 Å². The summed E-state index contributed by atoms with van der Waals surface area (Å²) in [5.41, 5.74) is 1.36. The van der Waals surface area contributed by atoms with Crippen molar-refractivity contribution in [3.8, 4) is 0 Å². The van der Waals surface area contributed by atoms with Crippen LogP contribution in [0.3, 0.4) is 0 Å². The number of H-pyrrole nitrogens is 1. The summed E-state index contributed by atoms with van der Waals surface area (Å²) >= 11 is 0. The number of aromatic nitrogens is 3. The molecular weight excluding hydrogens is 266 g/mol. The first-order valence-corrected chi connectivity index (χ1v) is 7.26. The number of hydrogen-bond acceptors (Lipinski definition) is 4. The minimum absolute atomic E-state index is 0.144. The van der Waals surface area contributed by atoms with E-state index in [2.05, 4.69) is 32.5 Å². The van der Waals surface area contributed by atoms with Crippen molar-refractivity contribution >= 4 is 11.6 Å². The Kier molecular flexibility index (Phi) is 5.75. The third-order valence-corrected chi connectivity index (χ3v) is 3.00. The van der Waals surface area contributed by atoms with Crippen LogP contribution in [0.4, 0.5) is 5.69 Å². The number of aryl methyl sites for hydroxylation is 1. The molecule has 3 N–H and O–H groups in total. The van der Waals surface area contributed by atoms with Crippen molar-refractivity contribution in [1.29, 1.82) is 0 Å². The molecule has 112 valence electrons. The van der Waals surface area contributed by atoms with E-state index in [0.29, 0.717) is 12.2 Å². The molecule has 2 aromatic rings. The van der Waals surface area contributed by atoms with Crippen molar-refractivity contribution in [2.24, 2.45) is 0 Å². The topological polar surface area (TPSA) is 82.7 Å². The molecule has 0 aliphatic carbocycles. The summed E-state index contributed by atoms with van der Waals surface area (Å²) in [4.78, 5) is 23.3. The van der Waals surface area contributed by atoms with Gasteiger partial charge in [-0.15, -0.1) is 0 Å². The van der Waals surface area contributed by atoms with E-state index in [0.717, 1.165) is 37.3 Å². The standard InChI is InChI=1S/C15H21N5O/c1-2-6-16-12-5-8-17-13(11-12)15(21)20-7-3-4-14-18-9-10-19-14/h5,8-11H,2-4,6-7H2,1H3,(H,16,17)(H,18,19)(H,20,21). The van der Waals surface area contributed by atoms with Gasteiger partial charge in [-0.3, -0.25) is 9.78 Å². The predicted octanol–water partition coefficient (Wildman–Crippen LogP) is 1.99. The van der Waals surface area contributed by atoms with Crippen LogP contribution in [0.5, 0.6) is 0 Å². The summed E-state index contributed by atoms with van der Waals surface area (Å²) in [6, 6.07) is 3.64. The van der Waals surface area contributed by atoms with Crippen LogP contribution in [-0.4, -0.2) is 33.9 Å². The maximum absolute atomic E-state index is 12.0. The van der Waals surface area contributed by atoms with Crippen molar-refractivity contribution in [1.82, 2.24) is 20.3 Å². The van der Waals surface area contributed by atoms with E-state index in [4.69, 9.17) is 0 Å². The SMILES string of the molecule is CCCNc1ccnc(C(=O)NCCCc2ncc[nH]2)c1. The van der Waals surface area contributed by atoms with Crippen LogP contribution in [-0.2, 0) is 6.42 Å². The van der Waals surface area contributed by atoms with Gasteiger partial charge in [0.05, 0.1) is 0 Å². The second kappa shape index (κ2) is 8.04. The number of carbonyl (C=O) groups excluding carboxylic acids is 1. The molecule has 0 saturated carbocycles. The minimum Gasteiger partial charge on any atom is -0.385 e. The number of hydrogen-bond donors (Lipinski definition) is 3. The molecule has 1 amide bonds. The maximum Gasteiger partial charge on any atom is 0.269 e. The first kappa shape index (κ1) is 15.0. The zero-order chi connectivity index (χ0) is 14.9. The molecule has 6 heteroatoms. The average molecular weight is 287 g/mol. The van der Waals surface area contributed by atoms with Crippen LogP contribution in [0, 0.1) is 0 Å². The molecule has 0 aliphatic heterocycles. The zero-order valence-corrected chi connectivity index (χ0v) is 12.2. The number of nitrogens with zero attached hydrogens (tertiary/aromatic N) is 2. The van der Waals surface area contributed by atoms with Gasteiger partial charge in [-0.2, -0.15) is 0 Å². The smallest absolute Gasteiger partial charge is 0.269 e. The molecule has 0 radical (unpaired) electrons. The molecule has 6 nitrogen and oxygen atoms in total. The van der Waals surface area contributed by atoms with Crippen molar-refractivity contribution in [3.63, 3.8) is 0 Å². The van der Waals surface area contributed by atoms with E-state index in [1.165, 1.54) is 0 Å².